The molecule has 9 nitrogen and oxygen atoms in total. The molecule has 26 heavy (non-hydrogen) atoms. The number of hydrogen-bond acceptors (Lipinski definition) is 6. The topological polar surface area (TPSA) is 97.4 Å². The van der Waals surface area contributed by atoms with Crippen molar-refractivity contribution in [1.82, 2.24) is 15.1 Å². The fourth-order valence-corrected chi connectivity index (χ4v) is 2.66. The van der Waals surface area contributed by atoms with Gasteiger partial charge >= 0.3 is 0 Å². The lowest BCUT2D eigenvalue weighted by Crippen LogP contribution is -2.50. The van der Waals surface area contributed by atoms with Crippen molar-refractivity contribution in [1.29, 1.82) is 0 Å². The smallest absolute Gasteiger partial charge is 0.251 e. The molecule has 3 amide bonds. The fourth-order valence-electron chi connectivity index (χ4n) is 2.66. The van der Waals surface area contributed by atoms with Gasteiger partial charge in [0.25, 0.3) is 5.91 Å². The van der Waals surface area contributed by atoms with Gasteiger partial charge in [-0.25, -0.2) is 0 Å². The monoisotopic (exact) mass is 365 g/mol. The maximum Gasteiger partial charge on any atom is 0.251 e. The zero-order chi connectivity index (χ0) is 19.1. The van der Waals surface area contributed by atoms with Crippen molar-refractivity contribution in [3.8, 4) is 17.2 Å². The maximum absolute atomic E-state index is 12.4. The van der Waals surface area contributed by atoms with Gasteiger partial charge in [0.1, 0.15) is 0 Å². The molecule has 0 saturated carbocycles. The molecule has 0 radical (unpaired) electrons. The van der Waals surface area contributed by atoms with E-state index in [1.54, 1.807) is 9.80 Å². The third kappa shape index (κ3) is 4.35. The zero-order valence-electron chi connectivity index (χ0n) is 15.1. The van der Waals surface area contributed by atoms with E-state index < -0.39 is 5.91 Å². The highest BCUT2D eigenvalue weighted by Crippen LogP contribution is 2.38. The van der Waals surface area contributed by atoms with Crippen LogP contribution >= 0.6 is 0 Å². The second kappa shape index (κ2) is 8.93. The number of amides is 3. The van der Waals surface area contributed by atoms with Crippen molar-refractivity contribution >= 4 is 18.2 Å². The minimum absolute atomic E-state index is 0.128. The molecular weight excluding hydrogens is 342 g/mol. The van der Waals surface area contributed by atoms with Crippen LogP contribution in [-0.2, 0) is 9.59 Å². The Morgan fingerprint density at radius 3 is 2.08 bits per heavy atom. The summed E-state index contributed by atoms with van der Waals surface area (Å²) >= 11 is 0. The van der Waals surface area contributed by atoms with Crippen LogP contribution < -0.4 is 19.5 Å². The van der Waals surface area contributed by atoms with Crippen LogP contribution in [0.5, 0.6) is 17.2 Å². The molecule has 1 fully saturated rings. The molecule has 1 heterocycles. The van der Waals surface area contributed by atoms with Crippen LogP contribution in [-0.4, -0.2) is 82.1 Å². The van der Waals surface area contributed by atoms with Gasteiger partial charge in [0.05, 0.1) is 27.9 Å². The van der Waals surface area contributed by atoms with Crippen molar-refractivity contribution in [2.24, 2.45) is 0 Å². The van der Waals surface area contributed by atoms with Crippen LogP contribution in [0.1, 0.15) is 10.4 Å². The summed E-state index contributed by atoms with van der Waals surface area (Å²) in [6.45, 7) is 1.78. The van der Waals surface area contributed by atoms with Gasteiger partial charge in [0, 0.05) is 31.7 Å². The van der Waals surface area contributed by atoms with Crippen molar-refractivity contribution in [3.05, 3.63) is 17.7 Å². The van der Waals surface area contributed by atoms with E-state index in [1.807, 2.05) is 0 Å². The van der Waals surface area contributed by atoms with Crippen LogP contribution in [0.15, 0.2) is 12.1 Å². The van der Waals surface area contributed by atoms with Crippen LogP contribution in [0.25, 0.3) is 0 Å². The van der Waals surface area contributed by atoms with Gasteiger partial charge < -0.3 is 29.3 Å². The Morgan fingerprint density at radius 2 is 1.62 bits per heavy atom. The predicted octanol–water partition coefficient (Wildman–Crippen LogP) is -0.257. The average Bonchev–Trinajstić information content (AvgIpc) is 2.70. The molecule has 1 aromatic rings. The quantitative estimate of drug-likeness (QED) is 0.669. The molecule has 1 aliphatic heterocycles. The van der Waals surface area contributed by atoms with E-state index in [4.69, 9.17) is 14.2 Å². The summed E-state index contributed by atoms with van der Waals surface area (Å²) in [6.07, 6.45) is 0.772. The summed E-state index contributed by atoms with van der Waals surface area (Å²) < 4.78 is 15.7. The summed E-state index contributed by atoms with van der Waals surface area (Å²) in [5.74, 6) is 0.470. The molecule has 0 aliphatic carbocycles. The minimum Gasteiger partial charge on any atom is -0.493 e. The third-order valence-electron chi connectivity index (χ3n) is 4.14. The molecule has 0 atom stereocenters. The van der Waals surface area contributed by atoms with E-state index >= 15 is 0 Å². The van der Waals surface area contributed by atoms with Crippen molar-refractivity contribution in [2.45, 2.75) is 0 Å². The molecule has 1 N–H and O–H groups in total. The highest BCUT2D eigenvalue weighted by molar-refractivity contribution is 5.97. The number of hydrogen-bond donors (Lipinski definition) is 1. The van der Waals surface area contributed by atoms with Crippen LogP contribution in [0.2, 0.25) is 0 Å². The van der Waals surface area contributed by atoms with E-state index in [9.17, 15) is 14.4 Å². The van der Waals surface area contributed by atoms with E-state index in [0.717, 1.165) is 6.41 Å². The summed E-state index contributed by atoms with van der Waals surface area (Å²) in [7, 11) is 4.39. The highest BCUT2D eigenvalue weighted by Gasteiger charge is 2.21. The number of ether oxygens (including phenoxy) is 3. The molecule has 9 heteroatoms. The SMILES string of the molecule is COc1cc(C(=O)NCC(=O)N2CCN(C=O)CC2)cc(OC)c1OC. The van der Waals surface area contributed by atoms with Crippen LogP contribution in [0.4, 0.5) is 0 Å². The minimum atomic E-state index is -0.427. The Labute approximate surface area is 151 Å². The molecule has 1 aromatic carbocycles. The van der Waals surface area contributed by atoms with Crippen LogP contribution in [0.3, 0.4) is 0 Å². The molecule has 0 bridgehead atoms. The second-order valence-electron chi connectivity index (χ2n) is 5.62. The Kier molecular flexibility index (Phi) is 6.65. The first-order valence-electron chi connectivity index (χ1n) is 8.09. The third-order valence-corrected chi connectivity index (χ3v) is 4.14. The zero-order valence-corrected chi connectivity index (χ0v) is 15.1. The summed E-state index contributed by atoms with van der Waals surface area (Å²) in [4.78, 5) is 38.5. The summed E-state index contributed by atoms with van der Waals surface area (Å²) in [5.41, 5.74) is 0.290. The number of benzene rings is 1. The number of methoxy groups -OCH3 is 3. The van der Waals surface area contributed by atoms with Crippen molar-refractivity contribution in [3.63, 3.8) is 0 Å². The summed E-state index contributed by atoms with van der Waals surface area (Å²) in [6, 6.07) is 3.04. The van der Waals surface area contributed by atoms with Crippen molar-refractivity contribution < 1.29 is 28.6 Å². The first kappa shape index (κ1) is 19.4. The Hall–Kier alpha value is -2.97. The van der Waals surface area contributed by atoms with Gasteiger partial charge in [-0.05, 0) is 12.1 Å². The van der Waals surface area contributed by atoms with Crippen LogP contribution in [0, 0.1) is 0 Å². The van der Waals surface area contributed by atoms with Gasteiger partial charge in [-0.1, -0.05) is 0 Å². The van der Waals surface area contributed by atoms with Gasteiger partial charge in [-0.15, -0.1) is 0 Å². The Bertz CT molecular complexity index is 645. The molecule has 142 valence electrons. The standard InChI is InChI=1S/C17H23N3O6/c1-24-13-8-12(9-14(25-2)16(13)26-3)17(23)18-10-15(22)20-6-4-19(11-21)5-7-20/h8-9,11H,4-7,10H2,1-3H3,(H,18,23). The van der Waals surface area contributed by atoms with E-state index in [2.05, 4.69) is 5.32 Å². The normalized spacial score (nSPS) is 13.8. The molecule has 0 unspecified atom stereocenters. The lowest BCUT2D eigenvalue weighted by atomic mass is 10.1. The number of piperazine rings is 1. The molecule has 1 aliphatic rings. The number of rotatable bonds is 7. The molecule has 0 aromatic heterocycles. The molecule has 1 saturated heterocycles. The Balaban J connectivity index is 1.99. The van der Waals surface area contributed by atoms with E-state index in [-0.39, 0.29) is 18.0 Å². The lowest BCUT2D eigenvalue weighted by molar-refractivity contribution is -0.134. The first-order valence-corrected chi connectivity index (χ1v) is 8.09. The van der Waals surface area contributed by atoms with E-state index in [1.165, 1.54) is 33.5 Å². The van der Waals surface area contributed by atoms with Gasteiger partial charge in [0.2, 0.25) is 18.1 Å². The average molecular weight is 365 g/mol. The number of nitrogens with zero attached hydrogens (tertiary/aromatic N) is 2. The van der Waals surface area contributed by atoms with Gasteiger partial charge in [-0.2, -0.15) is 0 Å². The second-order valence-corrected chi connectivity index (χ2v) is 5.62. The number of carbonyl (C=O) groups excluding carboxylic acids is 3. The molecule has 2 rings (SSSR count). The predicted molar refractivity (Wildman–Crippen MR) is 92.6 cm³/mol. The highest BCUT2D eigenvalue weighted by atomic mass is 16.5. The lowest BCUT2D eigenvalue weighted by Gasteiger charge is -2.32. The fraction of sp³-hybridized carbons (Fsp3) is 0.471. The maximum atomic E-state index is 12.4. The van der Waals surface area contributed by atoms with Crippen molar-refractivity contribution in [2.75, 3.05) is 54.1 Å². The largest absolute Gasteiger partial charge is 0.493 e. The molecule has 0 spiro atoms. The Morgan fingerprint density at radius 1 is 1.04 bits per heavy atom. The summed E-state index contributed by atoms with van der Waals surface area (Å²) in [5, 5.41) is 2.60. The first-order chi connectivity index (χ1) is 12.5. The van der Waals surface area contributed by atoms with Gasteiger partial charge in [-0.3, -0.25) is 14.4 Å². The molecular formula is C17H23N3O6. The van der Waals surface area contributed by atoms with Gasteiger partial charge in [0.15, 0.2) is 11.5 Å². The number of nitrogens with one attached hydrogen (secondary N) is 1. The van der Waals surface area contributed by atoms with E-state index in [0.29, 0.717) is 43.4 Å². The number of carbonyl (C=O) groups is 3.